The lowest BCUT2D eigenvalue weighted by Gasteiger charge is -2.22. The molecule has 106 valence electrons. The van der Waals surface area contributed by atoms with Crippen LogP contribution < -0.4 is 10.1 Å². The molecular weight excluding hydrogens is 244 g/mol. The largest absolute Gasteiger partial charge is 0.490 e. The maximum Gasteiger partial charge on any atom is 0.311 e. The van der Waals surface area contributed by atoms with Crippen molar-refractivity contribution in [2.75, 3.05) is 14.2 Å². The lowest BCUT2D eigenvalue weighted by atomic mass is 9.92. The fourth-order valence-corrected chi connectivity index (χ4v) is 2.41. The number of hydrogen-bond acceptors (Lipinski definition) is 4. The summed E-state index contributed by atoms with van der Waals surface area (Å²) in [6.07, 6.45) is 1.85. The number of hydrogen-bond donors (Lipinski definition) is 1. The smallest absolute Gasteiger partial charge is 0.311 e. The number of nitrogens with one attached hydrogen (secondary N) is 1. The molecular formula is C14H22N2O3. The van der Waals surface area contributed by atoms with Gasteiger partial charge >= 0.3 is 5.69 Å². The molecule has 5 nitrogen and oxygen atoms in total. The Morgan fingerprint density at radius 1 is 1.47 bits per heavy atom. The van der Waals surface area contributed by atoms with Crippen molar-refractivity contribution < 1.29 is 9.66 Å². The summed E-state index contributed by atoms with van der Waals surface area (Å²) >= 11 is 0. The lowest BCUT2D eigenvalue weighted by molar-refractivity contribution is -0.385. The molecule has 0 aliphatic carbocycles. The van der Waals surface area contributed by atoms with Gasteiger partial charge in [0.25, 0.3) is 0 Å². The summed E-state index contributed by atoms with van der Waals surface area (Å²) in [4.78, 5) is 10.6. The molecule has 0 aliphatic rings. The molecule has 0 spiro atoms. The Morgan fingerprint density at radius 3 is 2.63 bits per heavy atom. The van der Waals surface area contributed by atoms with Crippen LogP contribution in [0.4, 0.5) is 5.69 Å². The standard InChI is InChI=1S/C14H22N2O3/c1-5-12(15-3)10(2)8-11-6-7-14(19-4)13(9-11)16(17)18/h6-7,9-10,12,15H,5,8H2,1-4H3. The van der Waals surface area contributed by atoms with Crippen LogP contribution in [0.15, 0.2) is 18.2 Å². The fraction of sp³-hybridized carbons (Fsp3) is 0.571. The van der Waals surface area contributed by atoms with E-state index in [4.69, 9.17) is 4.74 Å². The van der Waals surface area contributed by atoms with Crippen LogP contribution in [0, 0.1) is 16.0 Å². The van der Waals surface area contributed by atoms with Gasteiger partial charge in [-0.3, -0.25) is 10.1 Å². The van der Waals surface area contributed by atoms with Crippen molar-refractivity contribution in [2.24, 2.45) is 5.92 Å². The average molecular weight is 266 g/mol. The predicted molar refractivity (Wildman–Crippen MR) is 75.7 cm³/mol. The van der Waals surface area contributed by atoms with Gasteiger partial charge < -0.3 is 10.1 Å². The summed E-state index contributed by atoms with van der Waals surface area (Å²) < 4.78 is 5.00. The Morgan fingerprint density at radius 2 is 2.16 bits per heavy atom. The van der Waals surface area contributed by atoms with Gasteiger partial charge in [-0.15, -0.1) is 0 Å². The normalized spacial score (nSPS) is 13.9. The highest BCUT2D eigenvalue weighted by Crippen LogP contribution is 2.28. The van der Waals surface area contributed by atoms with Crippen molar-refractivity contribution in [1.82, 2.24) is 5.32 Å². The van der Waals surface area contributed by atoms with E-state index in [1.807, 2.05) is 13.1 Å². The van der Waals surface area contributed by atoms with E-state index in [2.05, 4.69) is 19.2 Å². The minimum atomic E-state index is -0.400. The van der Waals surface area contributed by atoms with Gasteiger partial charge in [0.15, 0.2) is 5.75 Å². The molecule has 0 aromatic heterocycles. The number of benzene rings is 1. The second kappa shape index (κ2) is 7.09. The summed E-state index contributed by atoms with van der Waals surface area (Å²) in [5.74, 6) is 0.727. The summed E-state index contributed by atoms with van der Waals surface area (Å²) in [6, 6.07) is 5.59. The Balaban J connectivity index is 2.90. The highest BCUT2D eigenvalue weighted by Gasteiger charge is 2.18. The van der Waals surface area contributed by atoms with Gasteiger partial charge in [-0.2, -0.15) is 0 Å². The second-order valence-electron chi connectivity index (χ2n) is 4.75. The monoisotopic (exact) mass is 266 g/mol. The number of ether oxygens (including phenoxy) is 1. The summed E-state index contributed by atoms with van der Waals surface area (Å²) in [7, 11) is 3.39. The van der Waals surface area contributed by atoms with Gasteiger partial charge in [0.1, 0.15) is 0 Å². The molecule has 0 amide bonds. The van der Waals surface area contributed by atoms with Gasteiger partial charge in [-0.05, 0) is 37.4 Å². The van der Waals surface area contributed by atoms with E-state index in [-0.39, 0.29) is 5.69 Å². The number of methoxy groups -OCH3 is 1. The maximum absolute atomic E-state index is 11.0. The first-order chi connectivity index (χ1) is 9.03. The van der Waals surface area contributed by atoms with Crippen LogP contribution in [-0.4, -0.2) is 25.1 Å². The first kappa shape index (κ1) is 15.4. The molecule has 2 atom stereocenters. The molecule has 0 fully saturated rings. The molecule has 0 saturated heterocycles. The zero-order chi connectivity index (χ0) is 14.4. The Kier molecular flexibility index (Phi) is 5.76. The van der Waals surface area contributed by atoms with Gasteiger partial charge in [-0.1, -0.05) is 19.9 Å². The van der Waals surface area contributed by atoms with Crippen LogP contribution in [0.3, 0.4) is 0 Å². The molecule has 2 unspecified atom stereocenters. The number of nitrogens with zero attached hydrogens (tertiary/aromatic N) is 1. The molecule has 5 heteroatoms. The van der Waals surface area contributed by atoms with Crippen LogP contribution in [0.1, 0.15) is 25.8 Å². The van der Waals surface area contributed by atoms with Crippen molar-refractivity contribution in [3.63, 3.8) is 0 Å². The van der Waals surface area contributed by atoms with E-state index in [1.165, 1.54) is 7.11 Å². The quantitative estimate of drug-likeness (QED) is 0.609. The molecule has 1 aromatic carbocycles. The third-order valence-electron chi connectivity index (χ3n) is 3.50. The van der Waals surface area contributed by atoms with Crippen LogP contribution in [0.5, 0.6) is 5.75 Å². The second-order valence-corrected chi connectivity index (χ2v) is 4.75. The minimum Gasteiger partial charge on any atom is -0.490 e. The number of nitro groups is 1. The topological polar surface area (TPSA) is 64.4 Å². The Labute approximate surface area is 114 Å². The molecule has 0 radical (unpaired) electrons. The van der Waals surface area contributed by atoms with Crippen molar-refractivity contribution in [3.8, 4) is 5.75 Å². The zero-order valence-electron chi connectivity index (χ0n) is 12.0. The molecule has 0 heterocycles. The Bertz CT molecular complexity index is 431. The number of rotatable bonds is 7. The lowest BCUT2D eigenvalue weighted by Crippen LogP contribution is -2.32. The third kappa shape index (κ3) is 3.92. The summed E-state index contributed by atoms with van der Waals surface area (Å²) in [5, 5.41) is 14.3. The van der Waals surface area contributed by atoms with Gasteiger partial charge in [-0.25, -0.2) is 0 Å². The third-order valence-corrected chi connectivity index (χ3v) is 3.50. The average Bonchev–Trinajstić information content (AvgIpc) is 2.40. The van der Waals surface area contributed by atoms with Gasteiger partial charge in [0.05, 0.1) is 12.0 Å². The predicted octanol–water partition coefficient (Wildman–Crippen LogP) is 2.78. The molecule has 0 aliphatic heterocycles. The van der Waals surface area contributed by atoms with E-state index in [9.17, 15) is 10.1 Å². The van der Waals surface area contributed by atoms with Crippen molar-refractivity contribution in [2.45, 2.75) is 32.7 Å². The first-order valence-electron chi connectivity index (χ1n) is 6.52. The molecule has 1 rings (SSSR count). The first-order valence-corrected chi connectivity index (χ1v) is 6.52. The molecule has 0 saturated carbocycles. The maximum atomic E-state index is 11.0. The van der Waals surface area contributed by atoms with Crippen molar-refractivity contribution >= 4 is 5.69 Å². The van der Waals surface area contributed by atoms with Crippen LogP contribution >= 0.6 is 0 Å². The molecule has 1 N–H and O–H groups in total. The molecule has 1 aromatic rings. The SMILES string of the molecule is CCC(NC)C(C)Cc1ccc(OC)c([N+](=O)[O-])c1. The Hall–Kier alpha value is -1.62. The van der Waals surface area contributed by atoms with Crippen LogP contribution in [-0.2, 0) is 6.42 Å². The van der Waals surface area contributed by atoms with Crippen LogP contribution in [0.25, 0.3) is 0 Å². The fourth-order valence-electron chi connectivity index (χ4n) is 2.41. The molecule has 19 heavy (non-hydrogen) atoms. The number of nitro benzene ring substituents is 1. The van der Waals surface area contributed by atoms with E-state index < -0.39 is 4.92 Å². The minimum absolute atomic E-state index is 0.0321. The highest BCUT2D eigenvalue weighted by atomic mass is 16.6. The van der Waals surface area contributed by atoms with E-state index in [1.54, 1.807) is 12.1 Å². The zero-order valence-corrected chi connectivity index (χ0v) is 12.0. The van der Waals surface area contributed by atoms with Crippen molar-refractivity contribution in [1.29, 1.82) is 0 Å². The summed E-state index contributed by atoms with van der Waals surface area (Å²) in [5.41, 5.74) is 0.999. The van der Waals surface area contributed by atoms with E-state index in [0.29, 0.717) is 17.7 Å². The molecule has 0 bridgehead atoms. The van der Waals surface area contributed by atoms with Gasteiger partial charge in [0.2, 0.25) is 0 Å². The van der Waals surface area contributed by atoms with E-state index in [0.717, 1.165) is 18.4 Å². The summed E-state index contributed by atoms with van der Waals surface area (Å²) in [6.45, 7) is 4.29. The van der Waals surface area contributed by atoms with Crippen LogP contribution in [0.2, 0.25) is 0 Å². The van der Waals surface area contributed by atoms with Gasteiger partial charge in [0, 0.05) is 12.1 Å². The van der Waals surface area contributed by atoms with E-state index >= 15 is 0 Å². The van der Waals surface area contributed by atoms with Crippen molar-refractivity contribution in [3.05, 3.63) is 33.9 Å². The highest BCUT2D eigenvalue weighted by molar-refractivity contribution is 5.48.